The number of hydrogen-bond acceptors (Lipinski definition) is 6. The molecule has 4 rings (SSSR count). The molecule has 0 saturated heterocycles. The minimum Gasteiger partial charge on any atom is -0.322 e. The molecule has 4 aromatic rings. The highest BCUT2D eigenvalue weighted by atomic mass is 35.5. The van der Waals surface area contributed by atoms with Crippen LogP contribution in [0.4, 0.5) is 0 Å². The molecular weight excluding hydrogens is 424 g/mol. The number of benzene rings is 2. The Labute approximate surface area is 181 Å². The third-order valence-corrected chi connectivity index (χ3v) is 6.63. The van der Waals surface area contributed by atoms with Crippen LogP contribution in [-0.2, 0) is 11.8 Å². The number of thioether (sulfide) groups is 1. The van der Waals surface area contributed by atoms with Crippen LogP contribution in [0.5, 0.6) is 0 Å². The van der Waals surface area contributed by atoms with E-state index in [9.17, 15) is 10.1 Å². The van der Waals surface area contributed by atoms with Crippen LogP contribution in [0.3, 0.4) is 0 Å². The van der Waals surface area contributed by atoms with Crippen molar-refractivity contribution in [2.75, 3.05) is 5.75 Å². The maximum absolute atomic E-state index is 12.7. The minimum absolute atomic E-state index is 0.142. The van der Waals surface area contributed by atoms with Gasteiger partial charge in [0, 0.05) is 23.0 Å². The predicted octanol–water partition coefficient (Wildman–Crippen LogP) is 5.32. The number of nitriles is 1. The fourth-order valence-corrected chi connectivity index (χ4v) is 4.88. The molecule has 0 bridgehead atoms. The molecule has 29 heavy (non-hydrogen) atoms. The molecule has 0 aliphatic rings. The molecule has 0 N–H and O–H groups in total. The highest BCUT2D eigenvalue weighted by Crippen LogP contribution is 2.29. The zero-order valence-electron chi connectivity index (χ0n) is 15.4. The van der Waals surface area contributed by atoms with Crippen LogP contribution < -0.4 is 0 Å². The SMILES string of the molecule is Cn1c(SCC(=O)C(C#N)c2nc(-c3ccccc3)cs2)nc2cc(Cl)ccc21. The Bertz CT molecular complexity index is 1230. The lowest BCUT2D eigenvalue weighted by Gasteiger charge is -2.05. The number of Topliss-reactive ketones (excluding diaryl/α,β-unsaturated/α-hetero) is 1. The molecule has 2 aromatic heterocycles. The largest absolute Gasteiger partial charge is 0.322 e. The van der Waals surface area contributed by atoms with Gasteiger partial charge >= 0.3 is 0 Å². The van der Waals surface area contributed by atoms with Crippen molar-refractivity contribution in [3.63, 3.8) is 0 Å². The van der Waals surface area contributed by atoms with E-state index < -0.39 is 5.92 Å². The molecule has 1 unspecified atom stereocenters. The number of nitrogens with zero attached hydrogens (tertiary/aromatic N) is 4. The molecule has 0 radical (unpaired) electrons. The Balaban J connectivity index is 1.50. The Morgan fingerprint density at radius 2 is 2.07 bits per heavy atom. The van der Waals surface area contributed by atoms with E-state index >= 15 is 0 Å². The summed E-state index contributed by atoms with van der Waals surface area (Å²) >= 11 is 8.68. The Hall–Kier alpha value is -2.66. The van der Waals surface area contributed by atoms with Gasteiger partial charge in [-0.1, -0.05) is 53.7 Å². The first kappa shape index (κ1) is 19.6. The molecule has 2 aromatic carbocycles. The van der Waals surface area contributed by atoms with Crippen LogP contribution in [0.2, 0.25) is 5.02 Å². The minimum atomic E-state index is -0.880. The second-order valence-corrected chi connectivity index (χ2v) is 8.61. The maximum Gasteiger partial charge on any atom is 0.169 e. The normalized spacial score (nSPS) is 12.0. The lowest BCUT2D eigenvalue weighted by Crippen LogP contribution is -2.13. The quantitative estimate of drug-likeness (QED) is 0.381. The van der Waals surface area contributed by atoms with Crippen molar-refractivity contribution in [1.82, 2.24) is 14.5 Å². The highest BCUT2D eigenvalue weighted by Gasteiger charge is 2.24. The van der Waals surface area contributed by atoms with Crippen molar-refractivity contribution in [3.05, 3.63) is 63.9 Å². The molecule has 0 aliphatic carbocycles. The Morgan fingerprint density at radius 1 is 1.28 bits per heavy atom. The third-order valence-electron chi connectivity index (χ3n) is 4.43. The maximum atomic E-state index is 12.7. The Morgan fingerprint density at radius 3 is 2.83 bits per heavy atom. The molecule has 0 saturated carbocycles. The fourth-order valence-electron chi connectivity index (χ4n) is 2.93. The number of ketones is 1. The summed E-state index contributed by atoms with van der Waals surface area (Å²) in [6.07, 6.45) is 0. The van der Waals surface area contributed by atoms with Gasteiger partial charge in [0.05, 0.1) is 28.5 Å². The van der Waals surface area contributed by atoms with Crippen molar-refractivity contribution in [1.29, 1.82) is 5.26 Å². The molecule has 0 aliphatic heterocycles. The lowest BCUT2D eigenvalue weighted by atomic mass is 10.1. The summed E-state index contributed by atoms with van der Waals surface area (Å²) in [6, 6.07) is 17.3. The number of thiazole rings is 1. The van der Waals surface area contributed by atoms with E-state index in [0.717, 1.165) is 22.3 Å². The number of fused-ring (bicyclic) bond motifs is 1. The number of carbonyl (C=O) groups is 1. The van der Waals surface area contributed by atoms with Crippen LogP contribution in [0.25, 0.3) is 22.3 Å². The number of hydrogen-bond donors (Lipinski definition) is 0. The van der Waals surface area contributed by atoms with Crippen LogP contribution >= 0.6 is 34.7 Å². The topological polar surface area (TPSA) is 71.6 Å². The average molecular weight is 439 g/mol. The molecule has 0 amide bonds. The third kappa shape index (κ3) is 4.06. The zero-order valence-corrected chi connectivity index (χ0v) is 17.8. The summed E-state index contributed by atoms with van der Waals surface area (Å²) in [5, 5.41) is 13.3. The standard InChI is InChI=1S/C21H15ClN4OS2/c1-26-18-8-7-14(22)9-16(18)25-21(26)29-12-19(27)15(10-23)20-24-17(11-28-20)13-5-3-2-4-6-13/h2-9,11,15H,12H2,1H3. The summed E-state index contributed by atoms with van der Waals surface area (Å²) in [4.78, 5) is 21.8. The van der Waals surface area contributed by atoms with Gasteiger partial charge in [0.25, 0.3) is 0 Å². The van der Waals surface area contributed by atoms with E-state index in [1.54, 1.807) is 6.07 Å². The van der Waals surface area contributed by atoms with Gasteiger partial charge in [0.15, 0.2) is 16.9 Å². The van der Waals surface area contributed by atoms with Gasteiger partial charge in [0.2, 0.25) is 0 Å². The van der Waals surface area contributed by atoms with E-state index in [-0.39, 0.29) is 11.5 Å². The van der Waals surface area contributed by atoms with Crippen molar-refractivity contribution in [3.8, 4) is 17.3 Å². The van der Waals surface area contributed by atoms with E-state index in [4.69, 9.17) is 11.6 Å². The average Bonchev–Trinajstić information content (AvgIpc) is 3.33. The smallest absolute Gasteiger partial charge is 0.169 e. The number of imidazole rings is 1. The second kappa shape index (κ2) is 8.37. The first-order valence-corrected chi connectivity index (χ1v) is 11.0. The van der Waals surface area contributed by atoms with E-state index in [1.807, 2.05) is 59.5 Å². The van der Waals surface area contributed by atoms with Gasteiger partial charge in [-0.25, -0.2) is 9.97 Å². The summed E-state index contributed by atoms with van der Waals surface area (Å²) in [5.41, 5.74) is 3.46. The second-order valence-electron chi connectivity index (χ2n) is 6.34. The van der Waals surface area contributed by atoms with Gasteiger partial charge in [0.1, 0.15) is 5.01 Å². The number of rotatable bonds is 6. The van der Waals surface area contributed by atoms with Gasteiger partial charge in [-0.05, 0) is 18.2 Å². The molecule has 0 spiro atoms. The molecular formula is C21H15ClN4OS2. The van der Waals surface area contributed by atoms with Crippen molar-refractivity contribution >= 4 is 51.5 Å². The van der Waals surface area contributed by atoms with Crippen LogP contribution in [-0.4, -0.2) is 26.1 Å². The lowest BCUT2D eigenvalue weighted by molar-refractivity contribution is -0.116. The molecule has 144 valence electrons. The van der Waals surface area contributed by atoms with Gasteiger partial charge in [-0.2, -0.15) is 5.26 Å². The van der Waals surface area contributed by atoms with Crippen LogP contribution in [0, 0.1) is 11.3 Å². The highest BCUT2D eigenvalue weighted by molar-refractivity contribution is 7.99. The van der Waals surface area contributed by atoms with Crippen LogP contribution in [0.1, 0.15) is 10.9 Å². The molecule has 2 heterocycles. The predicted molar refractivity (Wildman–Crippen MR) is 117 cm³/mol. The summed E-state index contributed by atoms with van der Waals surface area (Å²) < 4.78 is 1.92. The summed E-state index contributed by atoms with van der Waals surface area (Å²) in [6.45, 7) is 0. The number of aryl methyl sites for hydroxylation is 1. The summed E-state index contributed by atoms with van der Waals surface area (Å²) in [5.74, 6) is -0.922. The van der Waals surface area contributed by atoms with Crippen LogP contribution in [0.15, 0.2) is 59.1 Å². The molecule has 0 fully saturated rings. The monoisotopic (exact) mass is 438 g/mol. The van der Waals surface area contributed by atoms with Gasteiger partial charge in [-0.15, -0.1) is 11.3 Å². The zero-order chi connectivity index (χ0) is 20.4. The molecule has 8 heteroatoms. The molecule has 1 atom stereocenters. The van der Waals surface area contributed by atoms with E-state index in [0.29, 0.717) is 15.2 Å². The molecule has 5 nitrogen and oxygen atoms in total. The first-order chi connectivity index (χ1) is 14.1. The van der Waals surface area contributed by atoms with E-state index in [2.05, 4.69) is 16.0 Å². The summed E-state index contributed by atoms with van der Waals surface area (Å²) in [7, 11) is 1.89. The Kier molecular flexibility index (Phi) is 5.67. The van der Waals surface area contributed by atoms with Gasteiger partial charge < -0.3 is 4.57 Å². The van der Waals surface area contributed by atoms with Crippen molar-refractivity contribution < 1.29 is 4.79 Å². The first-order valence-electron chi connectivity index (χ1n) is 8.75. The number of aromatic nitrogens is 3. The van der Waals surface area contributed by atoms with Gasteiger partial charge in [-0.3, -0.25) is 4.79 Å². The van der Waals surface area contributed by atoms with E-state index in [1.165, 1.54) is 23.1 Å². The number of carbonyl (C=O) groups excluding carboxylic acids is 1. The fraction of sp³-hybridized carbons (Fsp3) is 0.143. The number of halogens is 1. The van der Waals surface area contributed by atoms with Crippen molar-refractivity contribution in [2.45, 2.75) is 11.1 Å². The van der Waals surface area contributed by atoms with Crippen molar-refractivity contribution in [2.24, 2.45) is 7.05 Å².